The van der Waals surface area contributed by atoms with Gasteiger partial charge in [0, 0.05) is 19.5 Å². The Bertz CT molecular complexity index is 688. The molecule has 0 saturated heterocycles. The van der Waals surface area contributed by atoms with Crippen LogP contribution in [0.2, 0.25) is 0 Å². The van der Waals surface area contributed by atoms with Crippen molar-refractivity contribution in [3.05, 3.63) is 20.8 Å². The number of nitrogens with two attached hydrogens (primary N) is 2. The summed E-state index contributed by atoms with van der Waals surface area (Å²) in [6, 6.07) is 0. The molecule has 0 aromatic carbocycles. The SMILES string of the molecule is COC1=C(Br)C(O)C2(C=C1Br)CC(C(=O)NCCCCN=C(N)N)=NO2. The van der Waals surface area contributed by atoms with Gasteiger partial charge in [-0.05, 0) is 50.8 Å². The molecular weight excluding hydrogens is 474 g/mol. The lowest BCUT2D eigenvalue weighted by Crippen LogP contribution is -2.45. The van der Waals surface area contributed by atoms with Gasteiger partial charge in [-0.25, -0.2) is 0 Å². The zero-order chi connectivity index (χ0) is 19.3. The third-order valence-corrected chi connectivity index (χ3v) is 5.29. The van der Waals surface area contributed by atoms with Crippen molar-refractivity contribution in [2.24, 2.45) is 21.6 Å². The minimum absolute atomic E-state index is 0.0545. The van der Waals surface area contributed by atoms with E-state index in [0.29, 0.717) is 27.8 Å². The summed E-state index contributed by atoms with van der Waals surface area (Å²) in [6.07, 6.45) is 2.21. The minimum Gasteiger partial charge on any atom is -0.495 e. The van der Waals surface area contributed by atoms with Gasteiger partial charge in [-0.2, -0.15) is 0 Å². The van der Waals surface area contributed by atoms with Gasteiger partial charge in [0.25, 0.3) is 5.91 Å². The second kappa shape index (κ2) is 8.87. The normalized spacial score (nSPS) is 24.7. The monoisotopic (exact) mass is 493 g/mol. The predicted molar refractivity (Wildman–Crippen MR) is 105 cm³/mol. The molecule has 2 rings (SSSR count). The Morgan fingerprint density at radius 3 is 2.92 bits per heavy atom. The van der Waals surface area contributed by atoms with Gasteiger partial charge in [-0.3, -0.25) is 9.79 Å². The number of aliphatic hydroxyl groups is 1. The van der Waals surface area contributed by atoms with E-state index < -0.39 is 11.7 Å². The number of unbranched alkanes of at least 4 members (excludes halogenated alkanes) is 1. The number of carbonyl (C=O) groups is 1. The highest BCUT2D eigenvalue weighted by atomic mass is 79.9. The van der Waals surface area contributed by atoms with Crippen molar-refractivity contribution in [2.45, 2.75) is 31.0 Å². The van der Waals surface area contributed by atoms with E-state index >= 15 is 0 Å². The Hall–Kier alpha value is -1.59. The summed E-state index contributed by atoms with van der Waals surface area (Å²) in [4.78, 5) is 21.6. The number of methoxy groups -OCH3 is 1. The van der Waals surface area contributed by atoms with Crippen LogP contribution < -0.4 is 16.8 Å². The van der Waals surface area contributed by atoms with E-state index in [0.717, 1.165) is 12.8 Å². The molecule has 26 heavy (non-hydrogen) atoms. The molecule has 2 atom stereocenters. The first-order valence-electron chi connectivity index (χ1n) is 7.90. The first kappa shape index (κ1) is 20.7. The van der Waals surface area contributed by atoms with Gasteiger partial charge in [-0.15, -0.1) is 0 Å². The zero-order valence-corrected chi connectivity index (χ0v) is 17.3. The van der Waals surface area contributed by atoms with Crippen molar-refractivity contribution in [1.29, 1.82) is 0 Å². The first-order chi connectivity index (χ1) is 12.3. The van der Waals surface area contributed by atoms with E-state index in [4.69, 9.17) is 21.0 Å². The summed E-state index contributed by atoms with van der Waals surface area (Å²) in [5, 5.41) is 17.2. The van der Waals surface area contributed by atoms with Crippen LogP contribution in [0.5, 0.6) is 0 Å². The number of ether oxygens (including phenoxy) is 1. The highest BCUT2D eigenvalue weighted by molar-refractivity contribution is 9.12. The van der Waals surface area contributed by atoms with E-state index in [2.05, 4.69) is 47.3 Å². The number of halogens is 2. The van der Waals surface area contributed by atoms with Crippen molar-refractivity contribution in [3.63, 3.8) is 0 Å². The molecule has 144 valence electrons. The van der Waals surface area contributed by atoms with E-state index in [1.165, 1.54) is 7.11 Å². The Morgan fingerprint density at radius 1 is 1.54 bits per heavy atom. The maximum atomic E-state index is 12.3. The van der Waals surface area contributed by atoms with Crippen LogP contribution in [0.1, 0.15) is 19.3 Å². The van der Waals surface area contributed by atoms with Gasteiger partial charge in [0.05, 0.1) is 16.1 Å². The van der Waals surface area contributed by atoms with Gasteiger partial charge < -0.3 is 31.5 Å². The van der Waals surface area contributed by atoms with E-state index in [1.807, 2.05) is 0 Å². The number of carbonyl (C=O) groups excluding carboxylic acids is 1. The van der Waals surface area contributed by atoms with E-state index in [9.17, 15) is 9.90 Å². The van der Waals surface area contributed by atoms with E-state index in [1.54, 1.807) is 6.08 Å². The molecule has 1 heterocycles. The average Bonchev–Trinajstić information content (AvgIpc) is 3.01. The van der Waals surface area contributed by atoms with Crippen LogP contribution in [-0.4, -0.2) is 54.6 Å². The van der Waals surface area contributed by atoms with Gasteiger partial charge in [-0.1, -0.05) is 5.16 Å². The summed E-state index contributed by atoms with van der Waals surface area (Å²) in [5.41, 5.74) is 9.54. The van der Waals surface area contributed by atoms with Crippen molar-refractivity contribution in [2.75, 3.05) is 20.2 Å². The molecule has 1 amide bonds. The quantitative estimate of drug-likeness (QED) is 0.231. The lowest BCUT2D eigenvalue weighted by molar-refractivity contribution is -0.114. The Morgan fingerprint density at radius 2 is 2.27 bits per heavy atom. The van der Waals surface area contributed by atoms with Gasteiger partial charge >= 0.3 is 0 Å². The fraction of sp³-hybridized carbons (Fsp3) is 0.533. The third-order valence-electron chi connectivity index (χ3n) is 3.91. The molecule has 0 fully saturated rings. The molecule has 6 N–H and O–H groups in total. The number of hydrogen-bond donors (Lipinski definition) is 4. The Kier molecular flexibility index (Phi) is 7.07. The maximum Gasteiger partial charge on any atom is 0.269 e. The average molecular weight is 495 g/mol. The molecule has 1 aliphatic carbocycles. The first-order valence-corrected chi connectivity index (χ1v) is 9.48. The number of oxime groups is 1. The topological polar surface area (TPSA) is 145 Å². The zero-order valence-electron chi connectivity index (χ0n) is 14.2. The predicted octanol–water partition coefficient (Wildman–Crippen LogP) is 0.578. The molecule has 0 radical (unpaired) electrons. The second-order valence-corrected chi connectivity index (χ2v) is 7.52. The molecule has 1 aliphatic heterocycles. The summed E-state index contributed by atoms with van der Waals surface area (Å²) in [5.74, 6) is 0.183. The van der Waals surface area contributed by atoms with Crippen LogP contribution in [0, 0.1) is 0 Å². The summed E-state index contributed by atoms with van der Waals surface area (Å²) >= 11 is 6.69. The van der Waals surface area contributed by atoms with Crippen LogP contribution in [0.25, 0.3) is 0 Å². The molecule has 2 unspecified atom stereocenters. The van der Waals surface area contributed by atoms with E-state index in [-0.39, 0.29) is 24.0 Å². The molecule has 0 aromatic heterocycles. The maximum absolute atomic E-state index is 12.3. The molecule has 2 aliphatic rings. The number of aliphatic hydroxyl groups excluding tert-OH is 1. The standard InChI is InChI=1S/C15H21Br2N5O4/c1-25-11-8(16)6-15(12(23)10(11)17)7-9(22-26-15)13(24)20-4-2-3-5-21-14(18)19/h6,12,23H,2-5,7H2,1H3,(H,20,24)(H4,18,19,21). The highest BCUT2D eigenvalue weighted by Crippen LogP contribution is 2.43. The minimum atomic E-state index is -1.15. The Balaban J connectivity index is 1.89. The van der Waals surface area contributed by atoms with Gasteiger partial charge in [0.15, 0.2) is 11.6 Å². The number of nitrogens with one attached hydrogen (secondary N) is 1. The number of rotatable bonds is 7. The molecule has 0 bridgehead atoms. The number of hydrogen-bond acceptors (Lipinski definition) is 6. The number of allylic oxidation sites excluding steroid dienone is 1. The van der Waals surface area contributed by atoms with Crippen molar-refractivity contribution >= 4 is 49.4 Å². The second-order valence-electron chi connectivity index (χ2n) is 5.81. The lowest BCUT2D eigenvalue weighted by atomic mass is 9.87. The van der Waals surface area contributed by atoms with Crippen LogP contribution in [0.15, 0.2) is 30.9 Å². The fourth-order valence-corrected chi connectivity index (χ4v) is 4.36. The van der Waals surface area contributed by atoms with Gasteiger partial charge in [0.1, 0.15) is 17.6 Å². The van der Waals surface area contributed by atoms with Crippen LogP contribution in [-0.2, 0) is 14.4 Å². The summed E-state index contributed by atoms with van der Waals surface area (Å²) < 4.78 is 6.25. The molecule has 9 nitrogen and oxygen atoms in total. The Labute approximate surface area is 167 Å². The van der Waals surface area contributed by atoms with Crippen LogP contribution in [0.4, 0.5) is 0 Å². The molecule has 1 spiro atoms. The number of aliphatic imine (C=N–C) groups is 1. The number of guanidine groups is 1. The summed E-state index contributed by atoms with van der Waals surface area (Å²) in [7, 11) is 1.49. The van der Waals surface area contributed by atoms with Crippen molar-refractivity contribution < 1.29 is 19.5 Å². The molecule has 0 aromatic rings. The van der Waals surface area contributed by atoms with Gasteiger partial charge in [0.2, 0.25) is 0 Å². The third kappa shape index (κ3) is 4.57. The number of amides is 1. The van der Waals surface area contributed by atoms with Crippen LogP contribution in [0.3, 0.4) is 0 Å². The lowest BCUT2D eigenvalue weighted by Gasteiger charge is -2.33. The molecule has 11 heteroatoms. The molecule has 0 saturated carbocycles. The summed E-state index contributed by atoms with van der Waals surface area (Å²) in [6.45, 7) is 0.975. The number of nitrogens with zero attached hydrogens (tertiary/aromatic N) is 2. The largest absolute Gasteiger partial charge is 0.495 e. The van der Waals surface area contributed by atoms with Crippen molar-refractivity contribution in [3.8, 4) is 0 Å². The molecular formula is C15H21Br2N5O4. The smallest absolute Gasteiger partial charge is 0.269 e. The highest BCUT2D eigenvalue weighted by Gasteiger charge is 2.50. The van der Waals surface area contributed by atoms with Crippen molar-refractivity contribution in [1.82, 2.24) is 5.32 Å². The fourth-order valence-electron chi connectivity index (χ4n) is 2.57. The van der Waals surface area contributed by atoms with Crippen LogP contribution >= 0.6 is 31.9 Å².